The molecule has 0 spiro atoms. The van der Waals surface area contributed by atoms with Crippen molar-refractivity contribution < 1.29 is 9.53 Å². The molecule has 0 radical (unpaired) electrons. The lowest BCUT2D eigenvalue weighted by Gasteiger charge is -2.24. The lowest BCUT2D eigenvalue weighted by molar-refractivity contribution is 0.0971. The van der Waals surface area contributed by atoms with Gasteiger partial charge in [-0.2, -0.15) is 0 Å². The van der Waals surface area contributed by atoms with Crippen LogP contribution in [0.15, 0.2) is 40.9 Å². The van der Waals surface area contributed by atoms with Gasteiger partial charge >= 0.3 is 6.09 Å². The first-order chi connectivity index (χ1) is 11.2. The van der Waals surface area contributed by atoms with Crippen molar-refractivity contribution in [2.24, 2.45) is 0 Å². The van der Waals surface area contributed by atoms with Crippen LogP contribution in [0.5, 0.6) is 0 Å². The first kappa shape index (κ1) is 18.1. The van der Waals surface area contributed by atoms with Crippen molar-refractivity contribution in [3.63, 3.8) is 0 Å². The van der Waals surface area contributed by atoms with Gasteiger partial charge in [-0.1, -0.05) is 72.1 Å². The molecule has 1 aromatic rings. The third-order valence-corrected chi connectivity index (χ3v) is 5.01. The fraction of sp³-hybridized carbons (Fsp3) is 0.526. The number of unbranched alkanes of at least 4 members (excludes halogenated alkanes) is 3. The van der Waals surface area contributed by atoms with Gasteiger partial charge in [-0.3, -0.25) is 0 Å². The zero-order valence-corrected chi connectivity index (χ0v) is 15.4. The highest BCUT2D eigenvalue weighted by molar-refractivity contribution is 9.11. The maximum Gasteiger partial charge on any atom is 0.410 e. The number of allylic oxidation sites excluding steroid dienone is 1. The Bertz CT molecular complexity index is 515. The topological polar surface area (TPSA) is 29.5 Å². The maximum absolute atomic E-state index is 12.4. The number of halogens is 1. The van der Waals surface area contributed by atoms with E-state index in [1.165, 1.54) is 19.3 Å². The zero-order chi connectivity index (χ0) is 16.5. The van der Waals surface area contributed by atoms with Crippen molar-refractivity contribution in [3.8, 4) is 0 Å². The molecule has 0 bridgehead atoms. The van der Waals surface area contributed by atoms with Gasteiger partial charge in [0.25, 0.3) is 0 Å². The van der Waals surface area contributed by atoms with Gasteiger partial charge in [-0.15, -0.1) is 0 Å². The second kappa shape index (κ2) is 9.76. The van der Waals surface area contributed by atoms with Crippen molar-refractivity contribution in [1.82, 2.24) is 4.90 Å². The maximum atomic E-state index is 12.4. The number of rotatable bonds is 7. The van der Waals surface area contributed by atoms with Gasteiger partial charge in [0.2, 0.25) is 0 Å². The summed E-state index contributed by atoms with van der Waals surface area (Å²) in [6, 6.07) is 9.95. The average molecular weight is 380 g/mol. The van der Waals surface area contributed by atoms with Gasteiger partial charge < -0.3 is 9.64 Å². The summed E-state index contributed by atoms with van der Waals surface area (Å²) in [5.74, 6) is 0. The molecule has 1 aliphatic rings. The molecule has 23 heavy (non-hydrogen) atoms. The van der Waals surface area contributed by atoms with Crippen molar-refractivity contribution in [2.75, 3.05) is 6.54 Å². The number of carbonyl (C=O) groups excluding carboxylic acids is 1. The van der Waals surface area contributed by atoms with Gasteiger partial charge in [0.15, 0.2) is 0 Å². The van der Waals surface area contributed by atoms with E-state index >= 15 is 0 Å². The first-order valence-electron chi connectivity index (χ1n) is 8.55. The highest BCUT2D eigenvalue weighted by Crippen LogP contribution is 2.28. The first-order valence-corrected chi connectivity index (χ1v) is 9.34. The van der Waals surface area contributed by atoms with Crippen LogP contribution < -0.4 is 0 Å². The Labute approximate surface area is 147 Å². The second-order valence-corrected chi connectivity index (χ2v) is 6.89. The highest BCUT2D eigenvalue weighted by Gasteiger charge is 2.31. The van der Waals surface area contributed by atoms with E-state index < -0.39 is 0 Å². The van der Waals surface area contributed by atoms with Crippen LogP contribution in [-0.2, 0) is 11.3 Å². The minimum atomic E-state index is -0.213. The van der Waals surface area contributed by atoms with Crippen molar-refractivity contribution in [1.29, 1.82) is 0 Å². The van der Waals surface area contributed by atoms with Crippen LogP contribution in [0, 0.1) is 0 Å². The minimum absolute atomic E-state index is 0.139. The van der Waals surface area contributed by atoms with E-state index in [0.29, 0.717) is 6.61 Å². The molecular weight excluding hydrogens is 354 g/mol. The Balaban J connectivity index is 1.86. The molecular formula is C19H26BrNO2. The summed E-state index contributed by atoms with van der Waals surface area (Å²) in [6.07, 6.45) is 8.80. The summed E-state index contributed by atoms with van der Waals surface area (Å²) < 4.78 is 6.60. The van der Waals surface area contributed by atoms with Gasteiger partial charge in [0.1, 0.15) is 6.61 Å². The molecule has 1 saturated heterocycles. The Morgan fingerprint density at radius 3 is 2.87 bits per heavy atom. The van der Waals surface area contributed by atoms with Crippen LogP contribution >= 0.6 is 15.9 Å². The molecule has 126 valence electrons. The Morgan fingerprint density at radius 2 is 2.13 bits per heavy atom. The van der Waals surface area contributed by atoms with Gasteiger partial charge in [0, 0.05) is 11.0 Å². The Kier molecular flexibility index (Phi) is 7.66. The number of hydrogen-bond acceptors (Lipinski definition) is 2. The molecule has 1 fully saturated rings. The summed E-state index contributed by atoms with van der Waals surface area (Å²) >= 11 is 3.67. The number of hydrogen-bond donors (Lipinski definition) is 0. The smallest absolute Gasteiger partial charge is 0.410 e. The average Bonchev–Trinajstić information content (AvgIpc) is 3.07. The Morgan fingerprint density at radius 1 is 1.35 bits per heavy atom. The molecule has 0 saturated carbocycles. The molecule has 0 aliphatic carbocycles. The molecule has 1 aliphatic heterocycles. The monoisotopic (exact) mass is 379 g/mol. The Hall–Kier alpha value is -1.29. The number of likely N-dealkylation sites (tertiary alicyclic amines) is 1. The largest absolute Gasteiger partial charge is 0.445 e. The van der Waals surface area contributed by atoms with Crippen LogP contribution in [0.3, 0.4) is 0 Å². The molecule has 1 atom stereocenters. The van der Waals surface area contributed by atoms with Crippen LogP contribution in [0.25, 0.3) is 0 Å². The summed E-state index contributed by atoms with van der Waals surface area (Å²) in [5, 5.41) is 0. The summed E-state index contributed by atoms with van der Waals surface area (Å²) in [6.45, 7) is 3.32. The van der Waals surface area contributed by atoms with E-state index in [2.05, 4.69) is 28.9 Å². The van der Waals surface area contributed by atoms with Crippen molar-refractivity contribution in [3.05, 3.63) is 46.5 Å². The number of carbonyl (C=O) groups is 1. The lowest BCUT2D eigenvalue weighted by Crippen LogP contribution is -2.36. The summed E-state index contributed by atoms with van der Waals surface area (Å²) in [7, 11) is 0. The number of ether oxygens (including phenoxy) is 1. The molecule has 1 amide bonds. The highest BCUT2D eigenvalue weighted by atomic mass is 79.9. The van der Waals surface area contributed by atoms with Gasteiger partial charge in [0.05, 0.1) is 6.04 Å². The van der Waals surface area contributed by atoms with E-state index in [4.69, 9.17) is 4.74 Å². The number of amides is 1. The zero-order valence-electron chi connectivity index (χ0n) is 13.8. The van der Waals surface area contributed by atoms with Crippen LogP contribution in [0.4, 0.5) is 4.79 Å². The predicted octanol–water partition coefficient (Wildman–Crippen LogP) is 5.65. The molecule has 1 heterocycles. The standard InChI is InChI=1S/C19H26BrNO2/c1-2-3-4-8-12-17(20)18-13-9-14-21(18)19(22)23-15-16-10-6-5-7-11-16/h5-7,10-12,18H,2-4,8-9,13-15H2,1H3/b17-12-. The van der Waals surface area contributed by atoms with E-state index in [1.54, 1.807) is 0 Å². The molecule has 0 N–H and O–H groups in total. The molecule has 4 heteroatoms. The van der Waals surface area contributed by atoms with Crippen LogP contribution in [-0.4, -0.2) is 23.6 Å². The minimum Gasteiger partial charge on any atom is -0.445 e. The number of benzene rings is 1. The molecule has 2 rings (SSSR count). The quantitative estimate of drug-likeness (QED) is 0.573. The fourth-order valence-electron chi connectivity index (χ4n) is 2.84. The lowest BCUT2D eigenvalue weighted by atomic mass is 10.1. The molecule has 1 unspecified atom stereocenters. The SMILES string of the molecule is CCCCC/C=C(\Br)C1CCCN1C(=O)OCc1ccccc1. The van der Waals surface area contributed by atoms with E-state index in [1.807, 2.05) is 35.2 Å². The van der Waals surface area contributed by atoms with Crippen molar-refractivity contribution in [2.45, 2.75) is 58.1 Å². The summed E-state index contributed by atoms with van der Waals surface area (Å²) in [5.41, 5.74) is 1.02. The molecule has 3 nitrogen and oxygen atoms in total. The summed E-state index contributed by atoms with van der Waals surface area (Å²) in [4.78, 5) is 14.2. The normalized spacial score (nSPS) is 18.3. The molecule has 1 aromatic carbocycles. The predicted molar refractivity (Wildman–Crippen MR) is 97.5 cm³/mol. The van der Waals surface area contributed by atoms with Crippen LogP contribution in [0.2, 0.25) is 0 Å². The third-order valence-electron chi connectivity index (χ3n) is 4.16. The van der Waals surface area contributed by atoms with Crippen LogP contribution in [0.1, 0.15) is 51.0 Å². The van der Waals surface area contributed by atoms with E-state index in [-0.39, 0.29) is 12.1 Å². The van der Waals surface area contributed by atoms with E-state index in [0.717, 1.165) is 35.9 Å². The second-order valence-electron chi connectivity index (χ2n) is 5.98. The van der Waals surface area contributed by atoms with Gasteiger partial charge in [-0.25, -0.2) is 4.79 Å². The van der Waals surface area contributed by atoms with Gasteiger partial charge in [-0.05, 0) is 31.2 Å². The third kappa shape index (κ3) is 5.69. The number of nitrogens with zero attached hydrogens (tertiary/aromatic N) is 1. The van der Waals surface area contributed by atoms with E-state index in [9.17, 15) is 4.79 Å². The van der Waals surface area contributed by atoms with Crippen molar-refractivity contribution >= 4 is 22.0 Å². The molecule has 0 aromatic heterocycles. The fourth-order valence-corrected chi connectivity index (χ4v) is 3.55.